The van der Waals surface area contributed by atoms with Gasteiger partial charge in [-0.25, -0.2) is 0 Å². The minimum absolute atomic E-state index is 0.0515. The van der Waals surface area contributed by atoms with Gasteiger partial charge < -0.3 is 9.84 Å². The van der Waals surface area contributed by atoms with E-state index in [9.17, 15) is 8.78 Å². The van der Waals surface area contributed by atoms with Crippen LogP contribution in [0.1, 0.15) is 5.56 Å². The average molecular weight is 224 g/mol. The minimum atomic E-state index is -2.89. The van der Waals surface area contributed by atoms with Crippen molar-refractivity contribution < 1.29 is 18.6 Å². The Labute approximate surface area is 91.1 Å². The number of aliphatic hydroxyl groups is 1. The zero-order valence-corrected chi connectivity index (χ0v) is 8.36. The second-order valence-corrected chi connectivity index (χ2v) is 3.31. The monoisotopic (exact) mass is 224 g/mol. The van der Waals surface area contributed by atoms with Gasteiger partial charge in [-0.15, -0.1) is 0 Å². The highest BCUT2D eigenvalue weighted by Gasteiger charge is 2.12. The third kappa shape index (κ3) is 1.97. The van der Waals surface area contributed by atoms with Gasteiger partial charge in [0.1, 0.15) is 5.75 Å². The molecule has 0 atom stereocenters. The lowest BCUT2D eigenvalue weighted by atomic mass is 10.1. The average Bonchev–Trinajstić information content (AvgIpc) is 2.29. The molecular formula is C12H10F2O2. The molecule has 16 heavy (non-hydrogen) atoms. The quantitative estimate of drug-likeness (QED) is 0.868. The summed E-state index contributed by atoms with van der Waals surface area (Å²) in [7, 11) is 0. The van der Waals surface area contributed by atoms with Crippen LogP contribution in [-0.4, -0.2) is 11.7 Å². The van der Waals surface area contributed by atoms with Crippen molar-refractivity contribution in [2.24, 2.45) is 0 Å². The van der Waals surface area contributed by atoms with E-state index in [0.717, 1.165) is 5.39 Å². The summed E-state index contributed by atoms with van der Waals surface area (Å²) in [5.74, 6) is 0.0515. The third-order valence-corrected chi connectivity index (χ3v) is 2.34. The van der Waals surface area contributed by atoms with Crippen LogP contribution >= 0.6 is 0 Å². The Kier molecular flexibility index (Phi) is 3.01. The van der Waals surface area contributed by atoms with Crippen LogP contribution in [0.25, 0.3) is 10.8 Å². The first kappa shape index (κ1) is 10.8. The first-order valence-corrected chi connectivity index (χ1v) is 4.78. The Morgan fingerprint density at radius 3 is 2.56 bits per heavy atom. The van der Waals surface area contributed by atoms with E-state index in [4.69, 9.17) is 5.11 Å². The molecule has 0 bridgehead atoms. The molecule has 2 aromatic carbocycles. The van der Waals surface area contributed by atoms with Gasteiger partial charge in [0.15, 0.2) is 0 Å². The molecule has 0 aliphatic heterocycles. The van der Waals surface area contributed by atoms with E-state index in [1.54, 1.807) is 30.3 Å². The summed E-state index contributed by atoms with van der Waals surface area (Å²) in [5.41, 5.74) is 0.360. The van der Waals surface area contributed by atoms with E-state index in [-0.39, 0.29) is 12.4 Å². The smallest absolute Gasteiger partial charge is 0.387 e. The molecule has 0 amide bonds. The highest BCUT2D eigenvalue weighted by Crippen LogP contribution is 2.31. The normalized spacial score (nSPS) is 11.0. The first-order chi connectivity index (χ1) is 7.72. The van der Waals surface area contributed by atoms with Crippen molar-refractivity contribution in [3.05, 3.63) is 42.0 Å². The molecule has 0 saturated carbocycles. The van der Waals surface area contributed by atoms with Gasteiger partial charge in [-0.05, 0) is 5.39 Å². The number of halogens is 2. The fourth-order valence-corrected chi connectivity index (χ4v) is 1.64. The van der Waals surface area contributed by atoms with Gasteiger partial charge in [-0.2, -0.15) is 8.78 Å². The van der Waals surface area contributed by atoms with Gasteiger partial charge in [0.05, 0.1) is 6.61 Å². The van der Waals surface area contributed by atoms with E-state index < -0.39 is 6.61 Å². The predicted molar refractivity (Wildman–Crippen MR) is 56.5 cm³/mol. The summed E-state index contributed by atoms with van der Waals surface area (Å²) in [6.45, 7) is -3.22. The van der Waals surface area contributed by atoms with Gasteiger partial charge in [0.25, 0.3) is 0 Å². The molecule has 4 heteroatoms. The van der Waals surface area contributed by atoms with Crippen molar-refractivity contribution in [2.75, 3.05) is 0 Å². The highest BCUT2D eigenvalue weighted by molar-refractivity contribution is 5.89. The van der Waals surface area contributed by atoms with E-state index >= 15 is 0 Å². The van der Waals surface area contributed by atoms with Crippen molar-refractivity contribution in [3.63, 3.8) is 0 Å². The molecule has 2 nitrogen and oxygen atoms in total. The topological polar surface area (TPSA) is 29.5 Å². The van der Waals surface area contributed by atoms with E-state index in [1.807, 2.05) is 6.07 Å². The molecule has 0 fully saturated rings. The van der Waals surface area contributed by atoms with E-state index in [0.29, 0.717) is 10.9 Å². The summed E-state index contributed by atoms with van der Waals surface area (Å²) < 4.78 is 29.0. The first-order valence-electron chi connectivity index (χ1n) is 4.78. The number of rotatable bonds is 3. The summed E-state index contributed by atoms with van der Waals surface area (Å²) >= 11 is 0. The molecule has 1 N–H and O–H groups in total. The highest BCUT2D eigenvalue weighted by atomic mass is 19.3. The van der Waals surface area contributed by atoms with Crippen LogP contribution in [0.4, 0.5) is 8.78 Å². The Hall–Kier alpha value is -1.68. The Morgan fingerprint density at radius 2 is 1.88 bits per heavy atom. The van der Waals surface area contributed by atoms with E-state index in [2.05, 4.69) is 4.74 Å². The zero-order chi connectivity index (χ0) is 11.5. The Morgan fingerprint density at radius 1 is 1.12 bits per heavy atom. The summed E-state index contributed by atoms with van der Waals surface area (Å²) in [6, 6.07) is 10.4. The maximum Gasteiger partial charge on any atom is 0.387 e. The number of ether oxygens (including phenoxy) is 1. The van der Waals surface area contributed by atoms with Crippen LogP contribution in [0.5, 0.6) is 5.75 Å². The van der Waals surface area contributed by atoms with Gasteiger partial charge >= 0.3 is 6.61 Å². The molecule has 0 aliphatic rings. The summed E-state index contributed by atoms with van der Waals surface area (Å²) in [5, 5.41) is 10.4. The molecule has 0 aliphatic carbocycles. The number of alkyl halides is 2. The molecule has 2 rings (SSSR count). The summed E-state index contributed by atoms with van der Waals surface area (Å²) in [6.07, 6.45) is 0. The standard InChI is InChI=1S/C12H10F2O2/c13-12(14)16-11-9(7-15)6-5-8-3-1-2-4-10(8)11/h1-6,12,15H,7H2. The second-order valence-electron chi connectivity index (χ2n) is 3.31. The maximum absolute atomic E-state index is 12.3. The molecule has 0 spiro atoms. The lowest BCUT2D eigenvalue weighted by Crippen LogP contribution is -2.05. The van der Waals surface area contributed by atoms with Crippen molar-refractivity contribution in [1.82, 2.24) is 0 Å². The number of fused-ring (bicyclic) bond motifs is 1. The molecule has 0 radical (unpaired) electrons. The molecule has 84 valence electrons. The third-order valence-electron chi connectivity index (χ3n) is 2.34. The molecule has 0 unspecified atom stereocenters. The molecule has 2 aromatic rings. The van der Waals surface area contributed by atoms with Crippen LogP contribution in [0, 0.1) is 0 Å². The molecule has 0 heterocycles. The van der Waals surface area contributed by atoms with Crippen molar-refractivity contribution >= 4 is 10.8 Å². The number of aliphatic hydroxyl groups excluding tert-OH is 1. The lowest BCUT2D eigenvalue weighted by molar-refractivity contribution is -0.0498. The van der Waals surface area contributed by atoms with Crippen LogP contribution in [0.2, 0.25) is 0 Å². The van der Waals surface area contributed by atoms with Crippen molar-refractivity contribution in [2.45, 2.75) is 13.2 Å². The number of benzene rings is 2. The van der Waals surface area contributed by atoms with Crippen LogP contribution < -0.4 is 4.74 Å². The van der Waals surface area contributed by atoms with Crippen LogP contribution in [0.15, 0.2) is 36.4 Å². The van der Waals surface area contributed by atoms with Gasteiger partial charge in [-0.3, -0.25) is 0 Å². The number of hydrogen-bond acceptors (Lipinski definition) is 2. The number of hydrogen-bond donors (Lipinski definition) is 1. The molecular weight excluding hydrogens is 214 g/mol. The van der Waals surface area contributed by atoms with Gasteiger partial charge in [-0.1, -0.05) is 36.4 Å². The second kappa shape index (κ2) is 4.45. The fourth-order valence-electron chi connectivity index (χ4n) is 1.64. The van der Waals surface area contributed by atoms with Gasteiger partial charge in [0, 0.05) is 10.9 Å². The van der Waals surface area contributed by atoms with Crippen molar-refractivity contribution in [3.8, 4) is 5.75 Å². The fraction of sp³-hybridized carbons (Fsp3) is 0.167. The summed E-state index contributed by atoms with van der Waals surface area (Å²) in [4.78, 5) is 0. The SMILES string of the molecule is OCc1ccc2ccccc2c1OC(F)F. The molecule has 0 saturated heterocycles. The Balaban J connectivity index is 2.63. The predicted octanol–water partition coefficient (Wildman–Crippen LogP) is 2.93. The zero-order valence-electron chi connectivity index (χ0n) is 8.36. The van der Waals surface area contributed by atoms with Crippen LogP contribution in [-0.2, 0) is 6.61 Å². The Bertz CT molecular complexity index is 497. The largest absolute Gasteiger partial charge is 0.434 e. The maximum atomic E-state index is 12.3. The van der Waals surface area contributed by atoms with E-state index in [1.165, 1.54) is 0 Å². The van der Waals surface area contributed by atoms with Gasteiger partial charge in [0.2, 0.25) is 0 Å². The van der Waals surface area contributed by atoms with Crippen molar-refractivity contribution in [1.29, 1.82) is 0 Å². The minimum Gasteiger partial charge on any atom is -0.434 e. The molecule has 0 aromatic heterocycles. The lowest BCUT2D eigenvalue weighted by Gasteiger charge is -2.12. The van der Waals surface area contributed by atoms with Crippen LogP contribution in [0.3, 0.4) is 0 Å².